The number of halogens is 1. The third-order valence-electron chi connectivity index (χ3n) is 4.09. The van der Waals surface area contributed by atoms with Crippen LogP contribution in [0.1, 0.15) is 17.2 Å². The molecule has 0 aliphatic rings. The van der Waals surface area contributed by atoms with Gasteiger partial charge in [0.25, 0.3) is 0 Å². The molecule has 1 atom stereocenters. The van der Waals surface area contributed by atoms with Crippen molar-refractivity contribution < 1.29 is 9.50 Å². The monoisotopic (exact) mass is 393 g/mol. The average Bonchev–Trinajstić information content (AvgIpc) is 2.74. The molecule has 9 heteroatoms. The second kappa shape index (κ2) is 9.38. The smallest absolute Gasteiger partial charge is 0.150 e. The quantitative estimate of drug-likeness (QED) is 0.372. The molecule has 1 unspecified atom stereocenters. The number of pyridine rings is 1. The highest BCUT2D eigenvalue weighted by molar-refractivity contribution is 6.08. The Kier molecular flexibility index (Phi) is 6.43. The van der Waals surface area contributed by atoms with Crippen LogP contribution in [0.5, 0.6) is 0 Å². The number of hydrogen-bond acceptors (Lipinski definition) is 8. The summed E-state index contributed by atoms with van der Waals surface area (Å²) >= 11 is 0. The zero-order valence-electron chi connectivity index (χ0n) is 15.4. The molecule has 0 radical (unpaired) electrons. The Morgan fingerprint density at radius 3 is 2.55 bits per heavy atom. The molecule has 0 saturated heterocycles. The van der Waals surface area contributed by atoms with Crippen LogP contribution >= 0.6 is 0 Å². The first kappa shape index (κ1) is 19.9. The topological polar surface area (TPSA) is 133 Å². The van der Waals surface area contributed by atoms with E-state index in [9.17, 15) is 9.50 Å². The van der Waals surface area contributed by atoms with Crippen LogP contribution in [-0.2, 0) is 0 Å². The Balaban J connectivity index is 1.95. The zero-order chi connectivity index (χ0) is 20.6. The van der Waals surface area contributed by atoms with Crippen molar-refractivity contribution in [3.05, 3.63) is 78.1 Å². The summed E-state index contributed by atoms with van der Waals surface area (Å²) in [6.07, 6.45) is 7.11. The summed E-state index contributed by atoms with van der Waals surface area (Å²) in [4.78, 5) is 12.7. The molecule has 0 bridgehead atoms. The van der Waals surface area contributed by atoms with Crippen molar-refractivity contribution in [2.45, 2.75) is 6.04 Å². The molecule has 0 aliphatic heterocycles. The minimum atomic E-state index is -0.506. The first-order valence-corrected chi connectivity index (χ1v) is 8.73. The van der Waals surface area contributed by atoms with E-state index in [4.69, 9.17) is 11.1 Å². The Hall–Kier alpha value is -3.85. The maximum atomic E-state index is 13.2. The van der Waals surface area contributed by atoms with Crippen LogP contribution < -0.4 is 16.4 Å². The van der Waals surface area contributed by atoms with Gasteiger partial charge in [-0.05, 0) is 35.4 Å². The Morgan fingerprint density at radius 1 is 1.17 bits per heavy atom. The van der Waals surface area contributed by atoms with Crippen LogP contribution in [0.15, 0.2) is 61.2 Å². The minimum Gasteiger partial charge on any atom is -0.404 e. The number of rotatable bonds is 8. The van der Waals surface area contributed by atoms with Gasteiger partial charge in [-0.15, -0.1) is 0 Å². The first-order valence-electron chi connectivity index (χ1n) is 8.73. The Labute approximate surface area is 166 Å². The van der Waals surface area contributed by atoms with Crippen molar-refractivity contribution in [3.8, 4) is 0 Å². The SMILES string of the molecule is N=C/C(=C\N)c1cc(Nc2cnccn2)nc(NC(CO)c2ccc(F)cc2)c1. The van der Waals surface area contributed by atoms with Gasteiger partial charge in [-0.1, -0.05) is 12.1 Å². The number of benzene rings is 1. The van der Waals surface area contributed by atoms with Crippen LogP contribution in [0.3, 0.4) is 0 Å². The van der Waals surface area contributed by atoms with Crippen LogP contribution in [0, 0.1) is 11.2 Å². The standard InChI is InChI=1S/C20H20FN7O/c21-16-3-1-13(2-4-16)17(12-29)26-18-7-14(15(9-22)10-23)8-19(27-18)28-20-11-24-5-6-25-20/h1-11,17,22,29H,12,23H2,(H2,25,26,27,28)/b15-10+,22-9?. The van der Waals surface area contributed by atoms with Crippen LogP contribution in [0.4, 0.5) is 21.8 Å². The highest BCUT2D eigenvalue weighted by atomic mass is 19.1. The number of allylic oxidation sites excluding steroid dienone is 1. The number of nitrogens with zero attached hydrogens (tertiary/aromatic N) is 3. The largest absolute Gasteiger partial charge is 0.404 e. The fourth-order valence-electron chi connectivity index (χ4n) is 2.67. The maximum absolute atomic E-state index is 13.2. The lowest BCUT2D eigenvalue weighted by atomic mass is 10.1. The average molecular weight is 393 g/mol. The second-order valence-electron chi connectivity index (χ2n) is 6.04. The van der Waals surface area contributed by atoms with Gasteiger partial charge in [0.15, 0.2) is 0 Å². The van der Waals surface area contributed by atoms with Gasteiger partial charge in [-0.2, -0.15) is 0 Å². The summed E-state index contributed by atoms with van der Waals surface area (Å²) in [5.41, 5.74) is 7.46. The number of nitrogens with one attached hydrogen (secondary N) is 3. The summed E-state index contributed by atoms with van der Waals surface area (Å²) in [7, 11) is 0. The number of aromatic nitrogens is 3. The van der Waals surface area contributed by atoms with Crippen LogP contribution in [0.2, 0.25) is 0 Å². The molecule has 0 saturated carbocycles. The molecule has 29 heavy (non-hydrogen) atoms. The van der Waals surface area contributed by atoms with E-state index in [1.54, 1.807) is 42.9 Å². The molecule has 0 amide bonds. The zero-order valence-corrected chi connectivity index (χ0v) is 15.4. The predicted octanol–water partition coefficient (Wildman–Crippen LogP) is 2.85. The lowest BCUT2D eigenvalue weighted by Crippen LogP contribution is -2.16. The van der Waals surface area contributed by atoms with E-state index < -0.39 is 6.04 Å². The van der Waals surface area contributed by atoms with Gasteiger partial charge in [0, 0.05) is 30.4 Å². The first-order chi connectivity index (χ1) is 14.1. The Morgan fingerprint density at radius 2 is 1.93 bits per heavy atom. The normalized spacial score (nSPS) is 12.3. The molecular formula is C20H20FN7O. The molecule has 3 aromatic rings. The highest BCUT2D eigenvalue weighted by Crippen LogP contribution is 2.25. The molecule has 3 rings (SSSR count). The maximum Gasteiger partial charge on any atom is 0.150 e. The molecule has 148 valence electrons. The van der Waals surface area contributed by atoms with Gasteiger partial charge in [0.1, 0.15) is 23.3 Å². The number of aliphatic hydroxyl groups is 1. The highest BCUT2D eigenvalue weighted by Gasteiger charge is 2.13. The number of nitrogens with two attached hydrogens (primary N) is 1. The van der Waals surface area contributed by atoms with Gasteiger partial charge in [0.2, 0.25) is 0 Å². The molecule has 6 N–H and O–H groups in total. The molecule has 1 aromatic carbocycles. The second-order valence-corrected chi connectivity index (χ2v) is 6.04. The van der Waals surface area contributed by atoms with E-state index in [1.807, 2.05) is 0 Å². The van der Waals surface area contributed by atoms with Crippen molar-refractivity contribution >= 4 is 29.2 Å². The van der Waals surface area contributed by atoms with Gasteiger partial charge in [0.05, 0.1) is 18.8 Å². The molecule has 0 spiro atoms. The van der Waals surface area contributed by atoms with Crippen LogP contribution in [0.25, 0.3) is 5.57 Å². The van der Waals surface area contributed by atoms with Crippen molar-refractivity contribution in [1.29, 1.82) is 5.41 Å². The van der Waals surface area contributed by atoms with Gasteiger partial charge >= 0.3 is 0 Å². The minimum absolute atomic E-state index is 0.228. The lowest BCUT2D eigenvalue weighted by molar-refractivity contribution is 0.276. The molecular weight excluding hydrogens is 373 g/mol. The summed E-state index contributed by atoms with van der Waals surface area (Å²) in [6.45, 7) is -0.228. The third kappa shape index (κ3) is 5.11. The summed E-state index contributed by atoms with van der Waals surface area (Å²) in [5, 5.41) is 23.5. The lowest BCUT2D eigenvalue weighted by Gasteiger charge is -2.19. The van der Waals surface area contributed by atoms with E-state index in [0.717, 1.165) is 6.21 Å². The van der Waals surface area contributed by atoms with E-state index in [-0.39, 0.29) is 12.4 Å². The van der Waals surface area contributed by atoms with Gasteiger partial charge < -0.3 is 26.9 Å². The summed E-state index contributed by atoms with van der Waals surface area (Å²) in [5.74, 6) is 1.01. The van der Waals surface area contributed by atoms with Gasteiger partial charge in [-0.25, -0.2) is 14.4 Å². The van der Waals surface area contributed by atoms with Crippen molar-refractivity contribution in [3.63, 3.8) is 0 Å². The van der Waals surface area contributed by atoms with Gasteiger partial charge in [-0.3, -0.25) is 4.98 Å². The van der Waals surface area contributed by atoms with Crippen molar-refractivity contribution in [2.75, 3.05) is 17.2 Å². The third-order valence-corrected chi connectivity index (χ3v) is 4.09. The summed E-state index contributed by atoms with van der Waals surface area (Å²) in [6, 6.07) is 8.76. The molecule has 8 nitrogen and oxygen atoms in total. The van der Waals surface area contributed by atoms with E-state index in [1.165, 1.54) is 18.3 Å². The predicted molar refractivity (Wildman–Crippen MR) is 110 cm³/mol. The number of hydrogen-bond donors (Lipinski definition) is 5. The van der Waals surface area contributed by atoms with Crippen molar-refractivity contribution in [2.24, 2.45) is 5.73 Å². The molecule has 0 aliphatic carbocycles. The van der Waals surface area contributed by atoms with Crippen LogP contribution in [-0.4, -0.2) is 32.9 Å². The van der Waals surface area contributed by atoms with Crippen molar-refractivity contribution in [1.82, 2.24) is 15.0 Å². The number of anilines is 3. The molecule has 0 fully saturated rings. The molecule has 2 heterocycles. The Bertz CT molecular complexity index is 993. The fourth-order valence-corrected chi connectivity index (χ4v) is 2.67. The van der Waals surface area contributed by atoms with E-state index in [2.05, 4.69) is 25.6 Å². The molecule has 2 aromatic heterocycles. The summed E-state index contributed by atoms with van der Waals surface area (Å²) < 4.78 is 13.2. The van der Waals surface area contributed by atoms with E-state index in [0.29, 0.717) is 34.2 Å². The number of aliphatic hydroxyl groups excluding tert-OH is 1. The van der Waals surface area contributed by atoms with E-state index >= 15 is 0 Å². The fraction of sp³-hybridized carbons (Fsp3) is 0.100.